The SMILES string of the molecule is C=C(C)CN(C)c1ccc(S(=O)(=O)N2CCCC2)cn1. The summed E-state index contributed by atoms with van der Waals surface area (Å²) in [6.45, 7) is 7.73. The molecule has 0 radical (unpaired) electrons. The van der Waals surface area contributed by atoms with Crippen LogP contribution in [0.1, 0.15) is 19.8 Å². The molecule has 0 atom stereocenters. The summed E-state index contributed by atoms with van der Waals surface area (Å²) in [7, 11) is -1.46. The van der Waals surface area contributed by atoms with Gasteiger partial charge in [-0.05, 0) is 31.9 Å². The van der Waals surface area contributed by atoms with Crippen molar-refractivity contribution in [1.29, 1.82) is 0 Å². The van der Waals surface area contributed by atoms with Crippen molar-refractivity contribution in [2.75, 3.05) is 31.6 Å². The van der Waals surface area contributed by atoms with Gasteiger partial charge in [0.05, 0.1) is 0 Å². The van der Waals surface area contributed by atoms with Crippen LogP contribution in [0, 0.1) is 0 Å². The van der Waals surface area contributed by atoms with Gasteiger partial charge in [0.2, 0.25) is 10.0 Å². The Morgan fingerprint density at radius 3 is 2.55 bits per heavy atom. The Balaban J connectivity index is 2.17. The zero-order chi connectivity index (χ0) is 14.8. The topological polar surface area (TPSA) is 53.5 Å². The molecule has 0 spiro atoms. The van der Waals surface area contributed by atoms with Gasteiger partial charge in [-0.25, -0.2) is 13.4 Å². The van der Waals surface area contributed by atoms with Gasteiger partial charge in [0, 0.05) is 32.9 Å². The van der Waals surface area contributed by atoms with E-state index in [-0.39, 0.29) is 4.90 Å². The van der Waals surface area contributed by atoms with E-state index in [0.717, 1.165) is 24.2 Å². The van der Waals surface area contributed by atoms with Crippen molar-refractivity contribution in [2.24, 2.45) is 0 Å². The zero-order valence-corrected chi connectivity index (χ0v) is 12.9. The van der Waals surface area contributed by atoms with E-state index in [1.807, 2.05) is 18.9 Å². The van der Waals surface area contributed by atoms with Crippen LogP contribution < -0.4 is 4.90 Å². The predicted molar refractivity (Wildman–Crippen MR) is 80.3 cm³/mol. The average Bonchev–Trinajstić information content (AvgIpc) is 2.92. The van der Waals surface area contributed by atoms with Gasteiger partial charge in [-0.3, -0.25) is 0 Å². The first-order chi connectivity index (χ1) is 9.41. The van der Waals surface area contributed by atoms with Crippen LogP contribution in [0.3, 0.4) is 0 Å². The van der Waals surface area contributed by atoms with Crippen LogP contribution in [0.2, 0.25) is 0 Å². The predicted octanol–water partition coefficient (Wildman–Crippen LogP) is 1.88. The van der Waals surface area contributed by atoms with Crippen molar-refractivity contribution >= 4 is 15.8 Å². The molecule has 1 aromatic heterocycles. The highest BCUT2D eigenvalue weighted by Crippen LogP contribution is 2.21. The zero-order valence-electron chi connectivity index (χ0n) is 12.0. The lowest BCUT2D eigenvalue weighted by atomic mass is 10.3. The monoisotopic (exact) mass is 295 g/mol. The summed E-state index contributed by atoms with van der Waals surface area (Å²) in [5.41, 5.74) is 1.03. The molecule has 6 heteroatoms. The summed E-state index contributed by atoms with van der Waals surface area (Å²) in [4.78, 5) is 6.46. The fraction of sp³-hybridized carbons (Fsp3) is 0.500. The van der Waals surface area contributed by atoms with Gasteiger partial charge >= 0.3 is 0 Å². The highest BCUT2D eigenvalue weighted by atomic mass is 32.2. The molecule has 1 fully saturated rings. The Morgan fingerprint density at radius 2 is 2.05 bits per heavy atom. The molecule has 2 rings (SSSR count). The summed E-state index contributed by atoms with van der Waals surface area (Å²) in [5.74, 6) is 0.744. The number of hydrogen-bond acceptors (Lipinski definition) is 4. The van der Waals surface area contributed by atoms with E-state index >= 15 is 0 Å². The minimum absolute atomic E-state index is 0.270. The number of pyridine rings is 1. The van der Waals surface area contributed by atoms with Gasteiger partial charge in [0.1, 0.15) is 10.7 Å². The molecule has 1 saturated heterocycles. The smallest absolute Gasteiger partial charge is 0.244 e. The summed E-state index contributed by atoms with van der Waals surface area (Å²) in [6.07, 6.45) is 3.32. The van der Waals surface area contributed by atoms with Crippen LogP contribution in [0.25, 0.3) is 0 Å². The van der Waals surface area contributed by atoms with Crippen LogP contribution in [0.5, 0.6) is 0 Å². The van der Waals surface area contributed by atoms with E-state index in [0.29, 0.717) is 19.6 Å². The average molecular weight is 295 g/mol. The molecule has 110 valence electrons. The van der Waals surface area contributed by atoms with Gasteiger partial charge in [-0.1, -0.05) is 12.2 Å². The third kappa shape index (κ3) is 3.19. The second-order valence-corrected chi connectivity index (χ2v) is 7.21. The summed E-state index contributed by atoms with van der Waals surface area (Å²) in [5, 5.41) is 0. The minimum atomic E-state index is -3.37. The fourth-order valence-corrected chi connectivity index (χ4v) is 3.78. The Bertz CT molecular complexity index is 575. The molecule has 2 heterocycles. The van der Waals surface area contributed by atoms with Crippen molar-refractivity contribution in [3.05, 3.63) is 30.5 Å². The maximum atomic E-state index is 12.4. The van der Waals surface area contributed by atoms with E-state index in [9.17, 15) is 8.42 Å². The maximum absolute atomic E-state index is 12.4. The lowest BCUT2D eigenvalue weighted by Crippen LogP contribution is -2.28. The molecule has 0 aromatic carbocycles. The molecule has 0 saturated carbocycles. The molecule has 1 aromatic rings. The largest absolute Gasteiger partial charge is 0.356 e. The van der Waals surface area contributed by atoms with E-state index in [4.69, 9.17) is 0 Å². The lowest BCUT2D eigenvalue weighted by molar-refractivity contribution is 0.477. The molecule has 0 bridgehead atoms. The molecule has 0 amide bonds. The highest BCUT2D eigenvalue weighted by Gasteiger charge is 2.27. The molecule has 20 heavy (non-hydrogen) atoms. The van der Waals surface area contributed by atoms with Crippen LogP contribution in [0.4, 0.5) is 5.82 Å². The first-order valence-corrected chi connectivity index (χ1v) is 8.17. The van der Waals surface area contributed by atoms with Crippen molar-refractivity contribution in [2.45, 2.75) is 24.7 Å². The quantitative estimate of drug-likeness (QED) is 0.778. The normalized spacial score (nSPS) is 16.3. The first-order valence-electron chi connectivity index (χ1n) is 6.73. The number of hydrogen-bond donors (Lipinski definition) is 0. The second-order valence-electron chi connectivity index (χ2n) is 5.28. The van der Waals surface area contributed by atoms with E-state index in [1.54, 1.807) is 12.1 Å². The van der Waals surface area contributed by atoms with Gasteiger partial charge in [0.15, 0.2) is 0 Å². The van der Waals surface area contributed by atoms with E-state index in [2.05, 4.69) is 11.6 Å². The van der Waals surface area contributed by atoms with Crippen LogP contribution in [-0.2, 0) is 10.0 Å². The first kappa shape index (κ1) is 15.0. The fourth-order valence-electron chi connectivity index (χ4n) is 2.31. The van der Waals surface area contributed by atoms with Crippen LogP contribution >= 0.6 is 0 Å². The Hall–Kier alpha value is -1.40. The number of anilines is 1. The van der Waals surface area contributed by atoms with Crippen molar-refractivity contribution in [3.63, 3.8) is 0 Å². The standard InChI is InChI=1S/C14H21N3O2S/c1-12(2)11-16(3)14-7-6-13(10-15-14)20(18,19)17-8-4-5-9-17/h6-7,10H,1,4-5,8-9,11H2,2-3H3. The molecule has 1 aliphatic rings. The third-order valence-corrected chi connectivity index (χ3v) is 5.20. The molecule has 1 aliphatic heterocycles. The highest BCUT2D eigenvalue weighted by molar-refractivity contribution is 7.89. The van der Waals surface area contributed by atoms with Crippen LogP contribution in [-0.4, -0.2) is 44.4 Å². The molecule has 5 nitrogen and oxygen atoms in total. The van der Waals surface area contributed by atoms with Crippen molar-refractivity contribution in [1.82, 2.24) is 9.29 Å². The lowest BCUT2D eigenvalue weighted by Gasteiger charge is -2.19. The summed E-state index contributed by atoms with van der Waals surface area (Å²) >= 11 is 0. The van der Waals surface area contributed by atoms with Crippen molar-refractivity contribution in [3.8, 4) is 0 Å². The number of likely N-dealkylation sites (N-methyl/N-ethyl adjacent to an activating group) is 1. The van der Waals surface area contributed by atoms with Crippen LogP contribution in [0.15, 0.2) is 35.4 Å². The van der Waals surface area contributed by atoms with E-state index in [1.165, 1.54) is 10.5 Å². The third-order valence-electron chi connectivity index (χ3n) is 3.32. The van der Waals surface area contributed by atoms with Gasteiger partial charge < -0.3 is 4.90 Å². The van der Waals surface area contributed by atoms with Gasteiger partial charge in [0.25, 0.3) is 0 Å². The minimum Gasteiger partial charge on any atom is -0.356 e. The van der Waals surface area contributed by atoms with Gasteiger partial charge in [-0.2, -0.15) is 4.31 Å². The number of sulfonamides is 1. The second kappa shape index (κ2) is 5.93. The summed E-state index contributed by atoms with van der Waals surface area (Å²) < 4.78 is 26.2. The Morgan fingerprint density at radius 1 is 1.40 bits per heavy atom. The summed E-state index contributed by atoms with van der Waals surface area (Å²) in [6, 6.07) is 3.37. The van der Waals surface area contributed by atoms with E-state index < -0.39 is 10.0 Å². The molecule has 0 aliphatic carbocycles. The maximum Gasteiger partial charge on any atom is 0.244 e. The number of rotatable bonds is 5. The number of nitrogens with zero attached hydrogens (tertiary/aromatic N) is 3. The molecule has 0 N–H and O–H groups in total. The van der Waals surface area contributed by atoms with Gasteiger partial charge in [-0.15, -0.1) is 0 Å². The molecular formula is C14H21N3O2S. The van der Waals surface area contributed by atoms with Crippen molar-refractivity contribution < 1.29 is 8.42 Å². The molecule has 0 unspecified atom stereocenters. The Labute approximate surface area is 121 Å². The molecular weight excluding hydrogens is 274 g/mol. The number of aromatic nitrogens is 1. The Kier molecular flexibility index (Phi) is 4.45.